The van der Waals surface area contributed by atoms with Crippen molar-refractivity contribution in [3.05, 3.63) is 0 Å². The molecule has 0 radical (unpaired) electrons. The van der Waals surface area contributed by atoms with Crippen molar-refractivity contribution in [1.82, 2.24) is 0 Å². The van der Waals surface area contributed by atoms with E-state index in [0.29, 0.717) is 6.42 Å². The average Bonchev–Trinajstić information content (AvgIpc) is 2.21. The second-order valence-electron chi connectivity index (χ2n) is 5.98. The third kappa shape index (κ3) is 3.05. The lowest BCUT2D eigenvalue weighted by Crippen LogP contribution is -2.30. The van der Waals surface area contributed by atoms with Crippen LogP contribution in [0, 0.1) is 11.3 Å². The molecule has 86 valence electrons. The van der Waals surface area contributed by atoms with Gasteiger partial charge < -0.3 is 4.74 Å². The summed E-state index contributed by atoms with van der Waals surface area (Å²) in [5.41, 5.74) is -0.369. The highest BCUT2D eigenvalue weighted by Gasteiger charge is 2.46. The lowest BCUT2D eigenvalue weighted by atomic mass is 9.79. The molecule has 0 aromatic heterocycles. The fourth-order valence-corrected chi connectivity index (χ4v) is 2.41. The van der Waals surface area contributed by atoms with Crippen LogP contribution in [0.1, 0.15) is 47.5 Å². The predicted octanol–water partition coefficient (Wildman–Crippen LogP) is 2.33. The zero-order valence-electron chi connectivity index (χ0n) is 10.2. The molecule has 1 saturated heterocycles. The summed E-state index contributed by atoms with van der Waals surface area (Å²) in [4.78, 5) is 22.7. The Morgan fingerprint density at radius 3 is 2.40 bits per heavy atom. The smallest absolute Gasteiger partial charge is 0.317 e. The van der Waals surface area contributed by atoms with E-state index in [1.54, 1.807) is 0 Å². The fourth-order valence-electron chi connectivity index (χ4n) is 2.41. The number of ketones is 1. The van der Waals surface area contributed by atoms with Crippen molar-refractivity contribution in [2.24, 2.45) is 11.3 Å². The Morgan fingerprint density at radius 1 is 1.53 bits per heavy atom. The molecule has 0 saturated carbocycles. The van der Waals surface area contributed by atoms with Crippen LogP contribution < -0.4 is 0 Å². The van der Waals surface area contributed by atoms with E-state index < -0.39 is 11.5 Å². The molecule has 0 aromatic carbocycles. The highest BCUT2D eigenvalue weighted by atomic mass is 16.6. The summed E-state index contributed by atoms with van der Waals surface area (Å²) in [5, 5.41) is 0. The van der Waals surface area contributed by atoms with Crippen molar-refractivity contribution in [1.29, 1.82) is 0 Å². The highest BCUT2D eigenvalue weighted by Crippen LogP contribution is 2.39. The lowest BCUT2D eigenvalue weighted by Gasteiger charge is -2.30. The fraction of sp³-hybridized carbons (Fsp3) is 0.833. The Hall–Kier alpha value is -0.860. The number of carbonyl (C=O) groups excluding carboxylic acids is 2. The molecular formula is C12H20O3. The van der Waals surface area contributed by atoms with E-state index in [-0.39, 0.29) is 17.2 Å². The van der Waals surface area contributed by atoms with E-state index in [4.69, 9.17) is 4.74 Å². The molecule has 1 rings (SSSR count). The molecule has 0 spiro atoms. The van der Waals surface area contributed by atoms with Crippen LogP contribution in [0.25, 0.3) is 0 Å². The molecule has 0 N–H and O–H groups in total. The zero-order chi connectivity index (χ0) is 11.9. The van der Waals surface area contributed by atoms with Crippen LogP contribution in [0.3, 0.4) is 0 Å². The van der Waals surface area contributed by atoms with Gasteiger partial charge in [0.15, 0.2) is 0 Å². The molecule has 0 amide bonds. The number of Topliss-reactive ketones (excluding diaryl/α,β-unsaturated/α-hetero) is 1. The molecule has 3 nitrogen and oxygen atoms in total. The summed E-state index contributed by atoms with van der Waals surface area (Å²) in [5.74, 6) is -0.982. The summed E-state index contributed by atoms with van der Waals surface area (Å²) in [7, 11) is 0. The van der Waals surface area contributed by atoms with Gasteiger partial charge in [-0.15, -0.1) is 0 Å². The average molecular weight is 212 g/mol. The molecule has 2 unspecified atom stereocenters. The molecule has 1 fully saturated rings. The molecule has 1 aliphatic heterocycles. The van der Waals surface area contributed by atoms with Crippen LogP contribution >= 0.6 is 0 Å². The van der Waals surface area contributed by atoms with E-state index >= 15 is 0 Å². The maximum atomic E-state index is 11.5. The third-order valence-electron chi connectivity index (χ3n) is 2.66. The molecule has 1 heterocycles. The summed E-state index contributed by atoms with van der Waals surface area (Å²) in [6, 6.07) is 0. The van der Waals surface area contributed by atoms with Gasteiger partial charge in [0.05, 0.1) is 0 Å². The molecule has 2 atom stereocenters. The number of esters is 1. The summed E-state index contributed by atoms with van der Waals surface area (Å²) >= 11 is 0. The van der Waals surface area contributed by atoms with Gasteiger partial charge in [-0.2, -0.15) is 0 Å². The molecular weight excluding hydrogens is 192 g/mol. The van der Waals surface area contributed by atoms with Gasteiger partial charge >= 0.3 is 5.97 Å². The van der Waals surface area contributed by atoms with Gasteiger partial charge in [0.1, 0.15) is 17.3 Å². The van der Waals surface area contributed by atoms with Crippen LogP contribution in [0.5, 0.6) is 0 Å². The van der Waals surface area contributed by atoms with Gasteiger partial charge in [-0.25, -0.2) is 0 Å². The van der Waals surface area contributed by atoms with Gasteiger partial charge in [-0.05, 0) is 25.7 Å². The first-order valence-corrected chi connectivity index (χ1v) is 5.36. The van der Waals surface area contributed by atoms with Crippen LogP contribution in [0.15, 0.2) is 0 Å². The minimum absolute atomic E-state index is 0.0855. The van der Waals surface area contributed by atoms with Crippen molar-refractivity contribution >= 4 is 11.8 Å². The summed E-state index contributed by atoms with van der Waals surface area (Å²) < 4.78 is 5.34. The van der Waals surface area contributed by atoms with E-state index in [0.717, 1.165) is 6.42 Å². The maximum absolute atomic E-state index is 11.5. The number of rotatable bonds is 2. The number of hydrogen-bond acceptors (Lipinski definition) is 3. The van der Waals surface area contributed by atoms with Gasteiger partial charge in [0.25, 0.3) is 0 Å². The molecule has 1 aliphatic rings. The zero-order valence-corrected chi connectivity index (χ0v) is 10.2. The van der Waals surface area contributed by atoms with Crippen molar-refractivity contribution in [3.8, 4) is 0 Å². The summed E-state index contributed by atoms with van der Waals surface area (Å²) in [6.45, 7) is 9.68. The van der Waals surface area contributed by atoms with Gasteiger partial charge in [0.2, 0.25) is 0 Å². The minimum atomic E-state index is -0.544. The predicted molar refractivity (Wildman–Crippen MR) is 57.4 cm³/mol. The lowest BCUT2D eigenvalue weighted by molar-refractivity contribution is -0.152. The van der Waals surface area contributed by atoms with Crippen LogP contribution in [0.4, 0.5) is 0 Å². The third-order valence-corrected chi connectivity index (χ3v) is 2.66. The Labute approximate surface area is 91.2 Å². The first kappa shape index (κ1) is 12.2. The van der Waals surface area contributed by atoms with Crippen LogP contribution in [0.2, 0.25) is 0 Å². The Kier molecular flexibility index (Phi) is 2.94. The standard InChI is InChI=1S/C12H20O3/c1-8(13)9-6-12(5,15-10(9)14)7-11(2,3)4/h9H,6-7H2,1-5H3. The van der Waals surface area contributed by atoms with Crippen molar-refractivity contribution in [3.63, 3.8) is 0 Å². The molecule has 15 heavy (non-hydrogen) atoms. The van der Waals surface area contributed by atoms with Crippen LogP contribution in [-0.2, 0) is 14.3 Å². The van der Waals surface area contributed by atoms with E-state index in [9.17, 15) is 9.59 Å². The Morgan fingerprint density at radius 2 is 2.07 bits per heavy atom. The van der Waals surface area contributed by atoms with Gasteiger partial charge in [-0.3, -0.25) is 9.59 Å². The van der Waals surface area contributed by atoms with Crippen molar-refractivity contribution in [2.45, 2.75) is 53.1 Å². The monoisotopic (exact) mass is 212 g/mol. The molecule has 0 aliphatic carbocycles. The van der Waals surface area contributed by atoms with E-state index in [2.05, 4.69) is 20.8 Å². The molecule has 3 heteroatoms. The van der Waals surface area contributed by atoms with Crippen molar-refractivity contribution < 1.29 is 14.3 Å². The molecule has 0 bridgehead atoms. The number of hydrogen-bond donors (Lipinski definition) is 0. The van der Waals surface area contributed by atoms with E-state index in [1.165, 1.54) is 6.92 Å². The number of cyclic esters (lactones) is 1. The SMILES string of the molecule is CC(=O)C1CC(C)(CC(C)(C)C)OC1=O. The highest BCUT2D eigenvalue weighted by molar-refractivity contribution is 5.99. The number of ether oxygens (including phenoxy) is 1. The quantitative estimate of drug-likeness (QED) is 0.521. The second-order valence-corrected chi connectivity index (χ2v) is 5.98. The first-order chi connectivity index (χ1) is 6.63. The van der Waals surface area contributed by atoms with Crippen LogP contribution in [-0.4, -0.2) is 17.4 Å². The maximum Gasteiger partial charge on any atom is 0.317 e. The van der Waals surface area contributed by atoms with E-state index in [1.807, 2.05) is 6.92 Å². The Balaban J connectivity index is 2.75. The number of carbonyl (C=O) groups is 2. The second kappa shape index (κ2) is 3.62. The topological polar surface area (TPSA) is 43.4 Å². The van der Waals surface area contributed by atoms with Gasteiger partial charge in [0, 0.05) is 6.42 Å². The van der Waals surface area contributed by atoms with Crippen molar-refractivity contribution in [2.75, 3.05) is 0 Å². The van der Waals surface area contributed by atoms with Gasteiger partial charge in [-0.1, -0.05) is 20.8 Å². The Bertz CT molecular complexity index is 288. The normalized spacial score (nSPS) is 31.5. The largest absolute Gasteiger partial charge is 0.459 e. The summed E-state index contributed by atoms with van der Waals surface area (Å²) in [6.07, 6.45) is 1.31. The first-order valence-electron chi connectivity index (χ1n) is 5.36. The molecule has 0 aromatic rings. The minimum Gasteiger partial charge on any atom is -0.459 e.